The zero-order valence-electron chi connectivity index (χ0n) is 14.7. The van der Waals surface area contributed by atoms with Crippen molar-refractivity contribution in [3.05, 3.63) is 0 Å². The number of piperidine rings is 1. The van der Waals surface area contributed by atoms with Crippen LogP contribution in [0.15, 0.2) is 4.99 Å². The molecular formula is C17H34N4O. The Labute approximate surface area is 136 Å². The fourth-order valence-electron chi connectivity index (χ4n) is 3.46. The molecular weight excluding hydrogens is 276 g/mol. The predicted octanol–water partition coefficient (Wildman–Crippen LogP) is 1.79. The van der Waals surface area contributed by atoms with E-state index in [1.165, 1.54) is 26.1 Å². The van der Waals surface area contributed by atoms with Gasteiger partial charge in [-0.3, -0.25) is 4.99 Å². The van der Waals surface area contributed by atoms with Gasteiger partial charge in [0.15, 0.2) is 5.96 Å². The van der Waals surface area contributed by atoms with Gasteiger partial charge in [-0.25, -0.2) is 0 Å². The Morgan fingerprint density at radius 2 is 1.91 bits per heavy atom. The summed E-state index contributed by atoms with van der Waals surface area (Å²) in [6.45, 7) is 15.0. The largest absolute Gasteiger partial charge is 0.378 e. The molecule has 0 aromatic heterocycles. The summed E-state index contributed by atoms with van der Waals surface area (Å²) in [7, 11) is 0. The third-order valence-corrected chi connectivity index (χ3v) is 4.80. The highest BCUT2D eigenvalue weighted by atomic mass is 16.5. The van der Waals surface area contributed by atoms with E-state index in [2.05, 4.69) is 35.9 Å². The van der Waals surface area contributed by atoms with E-state index in [-0.39, 0.29) is 0 Å². The van der Waals surface area contributed by atoms with Crippen LogP contribution in [-0.4, -0.2) is 74.3 Å². The average Bonchev–Trinajstić information content (AvgIpc) is 3.01. The molecule has 0 aromatic carbocycles. The Kier molecular flexibility index (Phi) is 7.46. The smallest absolute Gasteiger partial charge is 0.193 e. The highest BCUT2D eigenvalue weighted by Crippen LogP contribution is 2.17. The molecule has 0 aliphatic carbocycles. The van der Waals surface area contributed by atoms with Crippen molar-refractivity contribution in [2.45, 2.75) is 46.1 Å². The fraction of sp³-hybridized carbons (Fsp3) is 0.941. The molecule has 0 saturated carbocycles. The highest BCUT2D eigenvalue weighted by molar-refractivity contribution is 5.80. The van der Waals surface area contributed by atoms with Crippen LogP contribution in [0, 0.1) is 5.92 Å². The number of hydrogen-bond acceptors (Lipinski definition) is 3. The van der Waals surface area contributed by atoms with Gasteiger partial charge in [-0.15, -0.1) is 0 Å². The molecule has 0 aromatic rings. The molecule has 0 radical (unpaired) electrons. The van der Waals surface area contributed by atoms with Crippen LogP contribution >= 0.6 is 0 Å². The van der Waals surface area contributed by atoms with Gasteiger partial charge in [0.05, 0.1) is 6.10 Å². The van der Waals surface area contributed by atoms with Crippen LogP contribution < -0.4 is 5.32 Å². The Balaban J connectivity index is 1.83. The maximum absolute atomic E-state index is 5.74. The summed E-state index contributed by atoms with van der Waals surface area (Å²) in [5.41, 5.74) is 0. The first-order chi connectivity index (χ1) is 10.8. The standard InChI is InChI=1S/C17H34N4O/c1-4-18-17(19-13-15-7-10-20(5-2)14-15)21-11-8-16(9-12-21)22-6-3/h15-16H,4-14H2,1-3H3,(H,18,19). The van der Waals surface area contributed by atoms with E-state index in [0.29, 0.717) is 6.10 Å². The molecule has 2 aliphatic heterocycles. The summed E-state index contributed by atoms with van der Waals surface area (Å²) in [5.74, 6) is 1.84. The molecule has 5 nitrogen and oxygen atoms in total. The van der Waals surface area contributed by atoms with Gasteiger partial charge in [-0.2, -0.15) is 0 Å². The van der Waals surface area contributed by atoms with E-state index in [1.807, 2.05) is 0 Å². The van der Waals surface area contributed by atoms with Crippen LogP contribution in [0.1, 0.15) is 40.0 Å². The summed E-state index contributed by atoms with van der Waals surface area (Å²) >= 11 is 0. The number of nitrogens with zero attached hydrogens (tertiary/aromatic N) is 3. The van der Waals surface area contributed by atoms with Gasteiger partial charge in [0.25, 0.3) is 0 Å². The van der Waals surface area contributed by atoms with Crippen molar-refractivity contribution in [2.75, 3.05) is 52.4 Å². The Bertz CT molecular complexity index is 340. The molecule has 2 saturated heterocycles. The van der Waals surface area contributed by atoms with Gasteiger partial charge in [-0.05, 0) is 52.1 Å². The van der Waals surface area contributed by atoms with Crippen LogP contribution in [0.2, 0.25) is 0 Å². The first-order valence-corrected chi connectivity index (χ1v) is 9.14. The number of ether oxygens (including phenoxy) is 1. The third kappa shape index (κ3) is 5.13. The molecule has 2 rings (SSSR count). The summed E-state index contributed by atoms with van der Waals surface area (Å²) < 4.78 is 5.74. The number of likely N-dealkylation sites (tertiary alicyclic amines) is 2. The Hall–Kier alpha value is -0.810. The lowest BCUT2D eigenvalue weighted by atomic mass is 10.1. The van der Waals surface area contributed by atoms with Crippen molar-refractivity contribution >= 4 is 5.96 Å². The number of guanidine groups is 1. The number of aliphatic imine (C=N–C) groups is 1. The lowest BCUT2D eigenvalue weighted by molar-refractivity contribution is 0.0263. The van der Waals surface area contributed by atoms with Gasteiger partial charge in [0.2, 0.25) is 0 Å². The molecule has 2 aliphatic rings. The van der Waals surface area contributed by atoms with Crippen molar-refractivity contribution < 1.29 is 4.74 Å². The second-order valence-corrected chi connectivity index (χ2v) is 6.38. The first kappa shape index (κ1) is 17.5. The summed E-state index contributed by atoms with van der Waals surface area (Å²) in [6.07, 6.45) is 3.97. The van der Waals surface area contributed by atoms with E-state index in [9.17, 15) is 0 Å². The van der Waals surface area contributed by atoms with Crippen LogP contribution in [0.5, 0.6) is 0 Å². The van der Waals surface area contributed by atoms with Gasteiger partial charge in [0.1, 0.15) is 0 Å². The second kappa shape index (κ2) is 9.36. The van der Waals surface area contributed by atoms with Crippen molar-refractivity contribution in [3.63, 3.8) is 0 Å². The molecule has 2 fully saturated rings. The number of nitrogens with one attached hydrogen (secondary N) is 1. The average molecular weight is 310 g/mol. The second-order valence-electron chi connectivity index (χ2n) is 6.38. The van der Waals surface area contributed by atoms with E-state index in [1.54, 1.807) is 0 Å². The predicted molar refractivity (Wildman–Crippen MR) is 92.4 cm³/mol. The molecule has 1 atom stereocenters. The van der Waals surface area contributed by atoms with Gasteiger partial charge in [0, 0.05) is 39.3 Å². The van der Waals surface area contributed by atoms with Crippen molar-refractivity contribution in [2.24, 2.45) is 10.9 Å². The van der Waals surface area contributed by atoms with Crippen molar-refractivity contribution in [1.82, 2.24) is 15.1 Å². The minimum atomic E-state index is 0.442. The normalized spacial score (nSPS) is 25.0. The maximum atomic E-state index is 5.74. The Morgan fingerprint density at radius 3 is 2.50 bits per heavy atom. The van der Waals surface area contributed by atoms with Crippen LogP contribution in [0.25, 0.3) is 0 Å². The van der Waals surface area contributed by atoms with Crippen molar-refractivity contribution in [3.8, 4) is 0 Å². The first-order valence-electron chi connectivity index (χ1n) is 9.14. The molecule has 128 valence electrons. The monoisotopic (exact) mass is 310 g/mol. The molecule has 2 heterocycles. The zero-order valence-corrected chi connectivity index (χ0v) is 14.7. The zero-order chi connectivity index (χ0) is 15.8. The summed E-state index contributed by atoms with van der Waals surface area (Å²) in [6, 6.07) is 0. The molecule has 1 unspecified atom stereocenters. The molecule has 0 bridgehead atoms. The number of rotatable bonds is 6. The SMILES string of the molecule is CCNC(=NCC1CCN(CC)C1)N1CCC(OCC)CC1. The number of hydrogen-bond donors (Lipinski definition) is 1. The van der Waals surface area contributed by atoms with E-state index in [0.717, 1.165) is 57.5 Å². The van der Waals surface area contributed by atoms with Crippen LogP contribution in [-0.2, 0) is 4.74 Å². The molecule has 1 N–H and O–H groups in total. The van der Waals surface area contributed by atoms with E-state index in [4.69, 9.17) is 9.73 Å². The highest BCUT2D eigenvalue weighted by Gasteiger charge is 2.23. The molecule has 22 heavy (non-hydrogen) atoms. The minimum Gasteiger partial charge on any atom is -0.378 e. The lowest BCUT2D eigenvalue weighted by Gasteiger charge is -2.34. The van der Waals surface area contributed by atoms with Crippen molar-refractivity contribution in [1.29, 1.82) is 0 Å². The molecule has 0 spiro atoms. The summed E-state index contributed by atoms with van der Waals surface area (Å²) in [5, 5.41) is 3.47. The molecule has 5 heteroatoms. The topological polar surface area (TPSA) is 40.1 Å². The quantitative estimate of drug-likeness (QED) is 0.600. The third-order valence-electron chi connectivity index (χ3n) is 4.80. The van der Waals surface area contributed by atoms with Crippen LogP contribution in [0.4, 0.5) is 0 Å². The lowest BCUT2D eigenvalue weighted by Crippen LogP contribution is -2.47. The Morgan fingerprint density at radius 1 is 1.14 bits per heavy atom. The maximum Gasteiger partial charge on any atom is 0.193 e. The summed E-state index contributed by atoms with van der Waals surface area (Å²) in [4.78, 5) is 9.86. The molecule has 0 amide bonds. The van der Waals surface area contributed by atoms with Gasteiger partial charge < -0.3 is 19.9 Å². The van der Waals surface area contributed by atoms with E-state index < -0.39 is 0 Å². The fourth-order valence-corrected chi connectivity index (χ4v) is 3.46. The van der Waals surface area contributed by atoms with Gasteiger partial charge >= 0.3 is 0 Å². The van der Waals surface area contributed by atoms with Crippen LogP contribution in [0.3, 0.4) is 0 Å². The van der Waals surface area contributed by atoms with E-state index >= 15 is 0 Å². The van der Waals surface area contributed by atoms with Gasteiger partial charge in [-0.1, -0.05) is 6.92 Å². The minimum absolute atomic E-state index is 0.442.